The summed E-state index contributed by atoms with van der Waals surface area (Å²) in [7, 11) is 0. The molecule has 1 aromatic carbocycles. The molecule has 1 fully saturated rings. The topological polar surface area (TPSA) is 78.1 Å². The molecule has 1 aliphatic carbocycles. The van der Waals surface area contributed by atoms with Gasteiger partial charge in [0, 0.05) is 5.56 Å². The molecule has 5 nitrogen and oxygen atoms in total. The van der Waals surface area contributed by atoms with Crippen molar-refractivity contribution in [1.82, 2.24) is 10.1 Å². The Kier molecular flexibility index (Phi) is 3.76. The van der Waals surface area contributed by atoms with Gasteiger partial charge < -0.3 is 14.7 Å². The van der Waals surface area contributed by atoms with Crippen LogP contribution in [-0.2, 0) is 5.54 Å². The smallest absolute Gasteiger partial charge is 0.294 e. The van der Waals surface area contributed by atoms with Gasteiger partial charge in [-0.2, -0.15) is 4.98 Å². The standard InChI is InChI=1S/C16H15N3O2.ClH/c17-16(8-4-9-16)15-18-14(21-19-15)13-12(7-10-20-13)11-5-2-1-3-6-11;/h1-3,5-7,10H,4,8-9,17H2;1H. The van der Waals surface area contributed by atoms with E-state index in [-0.39, 0.29) is 12.4 Å². The fourth-order valence-corrected chi connectivity index (χ4v) is 2.62. The minimum Gasteiger partial charge on any atom is -0.458 e. The summed E-state index contributed by atoms with van der Waals surface area (Å²) < 4.78 is 10.9. The number of hydrogen-bond acceptors (Lipinski definition) is 5. The molecule has 0 amide bonds. The Morgan fingerprint density at radius 2 is 1.86 bits per heavy atom. The molecule has 2 aromatic heterocycles. The number of nitrogens with two attached hydrogens (primary N) is 1. The molecule has 1 aliphatic rings. The summed E-state index contributed by atoms with van der Waals surface area (Å²) in [4.78, 5) is 4.44. The van der Waals surface area contributed by atoms with Crippen LogP contribution in [0.1, 0.15) is 25.1 Å². The molecule has 0 radical (unpaired) electrons. The SMILES string of the molecule is Cl.NC1(c2noc(-c3occc3-c3ccccc3)n2)CCC1. The normalized spacial score (nSPS) is 15.9. The van der Waals surface area contributed by atoms with Gasteiger partial charge in [-0.05, 0) is 30.9 Å². The number of nitrogens with zero attached hydrogens (tertiary/aromatic N) is 2. The number of rotatable bonds is 3. The van der Waals surface area contributed by atoms with Gasteiger partial charge in [0.1, 0.15) is 0 Å². The maximum atomic E-state index is 6.22. The highest BCUT2D eigenvalue weighted by molar-refractivity contribution is 5.85. The minimum absolute atomic E-state index is 0. The second-order valence-corrected chi connectivity index (χ2v) is 5.46. The third-order valence-corrected chi connectivity index (χ3v) is 4.06. The second kappa shape index (κ2) is 5.59. The Bertz CT molecular complexity index is 763. The predicted octanol–water partition coefficient (Wildman–Crippen LogP) is 3.76. The van der Waals surface area contributed by atoms with Crippen molar-refractivity contribution in [2.75, 3.05) is 0 Å². The zero-order valence-corrected chi connectivity index (χ0v) is 12.7. The summed E-state index contributed by atoms with van der Waals surface area (Å²) in [6, 6.07) is 11.9. The van der Waals surface area contributed by atoms with Crippen LogP contribution in [0.25, 0.3) is 22.8 Å². The van der Waals surface area contributed by atoms with Crippen LogP contribution >= 0.6 is 12.4 Å². The van der Waals surface area contributed by atoms with Gasteiger partial charge >= 0.3 is 0 Å². The molecule has 114 valence electrons. The van der Waals surface area contributed by atoms with Crippen LogP contribution in [0.5, 0.6) is 0 Å². The summed E-state index contributed by atoms with van der Waals surface area (Å²) in [5.74, 6) is 1.53. The average molecular weight is 318 g/mol. The maximum Gasteiger partial charge on any atom is 0.294 e. The van der Waals surface area contributed by atoms with Gasteiger partial charge in [0.25, 0.3) is 5.89 Å². The summed E-state index contributed by atoms with van der Waals surface area (Å²) in [5.41, 5.74) is 7.78. The van der Waals surface area contributed by atoms with Gasteiger partial charge in [-0.3, -0.25) is 0 Å². The lowest BCUT2D eigenvalue weighted by Crippen LogP contribution is -2.44. The first-order chi connectivity index (χ1) is 10.3. The number of hydrogen-bond donors (Lipinski definition) is 1. The van der Waals surface area contributed by atoms with Crippen molar-refractivity contribution in [1.29, 1.82) is 0 Å². The molecule has 0 unspecified atom stereocenters. The summed E-state index contributed by atoms with van der Waals surface area (Å²) in [6.07, 6.45) is 4.53. The van der Waals surface area contributed by atoms with Crippen molar-refractivity contribution in [3.63, 3.8) is 0 Å². The van der Waals surface area contributed by atoms with Gasteiger partial charge in [0.05, 0.1) is 11.8 Å². The van der Waals surface area contributed by atoms with Crippen LogP contribution in [-0.4, -0.2) is 10.1 Å². The van der Waals surface area contributed by atoms with E-state index in [4.69, 9.17) is 14.7 Å². The number of benzene rings is 1. The molecule has 2 heterocycles. The highest BCUT2D eigenvalue weighted by Gasteiger charge is 2.39. The lowest BCUT2D eigenvalue weighted by molar-refractivity contribution is 0.229. The van der Waals surface area contributed by atoms with Gasteiger partial charge in [-0.1, -0.05) is 35.5 Å². The van der Waals surface area contributed by atoms with E-state index in [2.05, 4.69) is 10.1 Å². The van der Waals surface area contributed by atoms with E-state index in [0.717, 1.165) is 30.4 Å². The minimum atomic E-state index is -0.429. The second-order valence-electron chi connectivity index (χ2n) is 5.46. The first-order valence-electron chi connectivity index (χ1n) is 7.03. The average Bonchev–Trinajstić information content (AvgIpc) is 3.14. The van der Waals surface area contributed by atoms with Crippen LogP contribution in [0.3, 0.4) is 0 Å². The predicted molar refractivity (Wildman–Crippen MR) is 84.4 cm³/mol. The van der Waals surface area contributed by atoms with Crippen LogP contribution in [0.15, 0.2) is 51.6 Å². The van der Waals surface area contributed by atoms with E-state index in [1.807, 2.05) is 36.4 Å². The number of aromatic nitrogens is 2. The van der Waals surface area contributed by atoms with Crippen LogP contribution in [0.4, 0.5) is 0 Å². The van der Waals surface area contributed by atoms with Crippen molar-refractivity contribution in [2.24, 2.45) is 5.73 Å². The first kappa shape index (κ1) is 14.8. The first-order valence-corrected chi connectivity index (χ1v) is 7.03. The zero-order valence-electron chi connectivity index (χ0n) is 11.9. The Labute approximate surface area is 133 Å². The molecule has 0 bridgehead atoms. The molecule has 4 rings (SSSR count). The lowest BCUT2D eigenvalue weighted by Gasteiger charge is -2.34. The van der Waals surface area contributed by atoms with Crippen molar-refractivity contribution < 1.29 is 8.94 Å². The highest BCUT2D eigenvalue weighted by Crippen LogP contribution is 2.39. The third kappa shape index (κ3) is 2.32. The van der Waals surface area contributed by atoms with Gasteiger partial charge in [0.2, 0.25) is 0 Å². The van der Waals surface area contributed by atoms with Gasteiger partial charge in [0.15, 0.2) is 11.6 Å². The highest BCUT2D eigenvalue weighted by atomic mass is 35.5. The third-order valence-electron chi connectivity index (χ3n) is 4.06. The van der Waals surface area contributed by atoms with E-state index in [1.54, 1.807) is 6.26 Å². The molecule has 0 aliphatic heterocycles. The van der Waals surface area contributed by atoms with Crippen molar-refractivity contribution >= 4 is 12.4 Å². The summed E-state index contributed by atoms with van der Waals surface area (Å²) in [6.45, 7) is 0. The lowest BCUT2D eigenvalue weighted by atomic mass is 9.77. The fourth-order valence-electron chi connectivity index (χ4n) is 2.62. The van der Waals surface area contributed by atoms with Crippen molar-refractivity contribution in [3.05, 3.63) is 48.5 Å². The van der Waals surface area contributed by atoms with Crippen LogP contribution in [0.2, 0.25) is 0 Å². The number of halogens is 1. The molecule has 1 saturated carbocycles. The molecule has 3 aromatic rings. The van der Waals surface area contributed by atoms with E-state index < -0.39 is 5.54 Å². The monoisotopic (exact) mass is 317 g/mol. The van der Waals surface area contributed by atoms with Crippen molar-refractivity contribution in [2.45, 2.75) is 24.8 Å². The Hall–Kier alpha value is -2.11. The van der Waals surface area contributed by atoms with E-state index >= 15 is 0 Å². The van der Waals surface area contributed by atoms with Gasteiger partial charge in [-0.15, -0.1) is 12.4 Å². The Balaban J connectivity index is 0.00000144. The molecule has 6 heteroatoms. The molecule has 22 heavy (non-hydrogen) atoms. The van der Waals surface area contributed by atoms with E-state index in [9.17, 15) is 0 Å². The fraction of sp³-hybridized carbons (Fsp3) is 0.250. The molecule has 2 N–H and O–H groups in total. The van der Waals surface area contributed by atoms with Gasteiger partial charge in [-0.25, -0.2) is 0 Å². The summed E-state index contributed by atoms with van der Waals surface area (Å²) >= 11 is 0. The number of furan rings is 1. The molecule has 0 spiro atoms. The molecule has 0 atom stereocenters. The van der Waals surface area contributed by atoms with Crippen LogP contribution in [0, 0.1) is 0 Å². The molecular weight excluding hydrogens is 302 g/mol. The molecular formula is C16H16ClN3O2. The van der Waals surface area contributed by atoms with E-state index in [0.29, 0.717) is 17.5 Å². The van der Waals surface area contributed by atoms with Crippen LogP contribution < -0.4 is 5.73 Å². The Morgan fingerprint density at radius 3 is 2.55 bits per heavy atom. The van der Waals surface area contributed by atoms with Crippen molar-refractivity contribution in [3.8, 4) is 22.8 Å². The zero-order chi connectivity index (χ0) is 14.3. The maximum absolute atomic E-state index is 6.22. The Morgan fingerprint density at radius 1 is 1.09 bits per heavy atom. The quantitative estimate of drug-likeness (QED) is 0.795. The largest absolute Gasteiger partial charge is 0.458 e. The van der Waals surface area contributed by atoms with E-state index in [1.165, 1.54) is 0 Å². The summed E-state index contributed by atoms with van der Waals surface area (Å²) in [5, 5.41) is 4.03. The molecule has 0 saturated heterocycles.